The Kier molecular flexibility index (Phi) is 10.7. The number of aromatic amines is 1. The number of aromatic nitrogens is 6. The van der Waals surface area contributed by atoms with Gasteiger partial charge in [-0.25, -0.2) is 10.1 Å². The molecule has 4 aromatic rings. The second-order valence-electron chi connectivity index (χ2n) is 9.38. The Morgan fingerprint density at radius 1 is 0.975 bits per heavy atom. The number of methoxy groups -OCH3 is 1. The number of unbranched alkanes of at least 4 members (excludes halogenated alkanes) is 7. The predicted molar refractivity (Wildman–Crippen MR) is 155 cm³/mol. The van der Waals surface area contributed by atoms with Gasteiger partial charge in [0, 0.05) is 17.4 Å². The lowest BCUT2D eigenvalue weighted by atomic mass is 10.1. The van der Waals surface area contributed by atoms with Gasteiger partial charge in [0.15, 0.2) is 0 Å². The Bertz CT molecular complexity index is 1390. The third-order valence-electron chi connectivity index (χ3n) is 6.35. The molecule has 0 saturated heterocycles. The molecule has 0 atom stereocenters. The van der Waals surface area contributed by atoms with E-state index < -0.39 is 5.91 Å². The SMILES string of the molecule is CCCCCCCCCCC(=O)Nc1csc(-c2cncc(-c3ccc(C(=O)Nc4nnn[nH]4)c(OC)c3)n2)c1. The summed E-state index contributed by atoms with van der Waals surface area (Å²) in [6.07, 6.45) is 13.5. The summed E-state index contributed by atoms with van der Waals surface area (Å²) in [5.74, 6) is 0.116. The normalized spacial score (nSPS) is 10.8. The lowest BCUT2D eigenvalue weighted by Gasteiger charge is -2.10. The van der Waals surface area contributed by atoms with E-state index in [1.807, 2.05) is 11.4 Å². The molecule has 0 unspecified atom stereocenters. The molecular weight excluding hydrogens is 528 g/mol. The zero-order valence-electron chi connectivity index (χ0n) is 22.8. The number of amides is 2. The number of tetrazole rings is 1. The number of carbonyl (C=O) groups is 2. The van der Waals surface area contributed by atoms with Crippen molar-refractivity contribution >= 4 is 34.8 Å². The summed E-state index contributed by atoms with van der Waals surface area (Å²) in [5, 5.41) is 20.5. The van der Waals surface area contributed by atoms with Crippen LogP contribution >= 0.6 is 11.3 Å². The molecule has 11 nitrogen and oxygen atoms in total. The zero-order valence-corrected chi connectivity index (χ0v) is 23.6. The minimum absolute atomic E-state index is 0.0333. The maximum atomic E-state index is 12.6. The summed E-state index contributed by atoms with van der Waals surface area (Å²) in [4.78, 5) is 35.0. The van der Waals surface area contributed by atoms with Crippen LogP contribution in [-0.4, -0.2) is 49.5 Å². The van der Waals surface area contributed by atoms with E-state index in [0.29, 0.717) is 29.1 Å². The standard InChI is InChI=1S/C28H34N8O3S/c1-3-4-5-6-7-8-9-10-11-26(37)30-20-15-25(40-18-20)23-17-29-16-22(31-23)19-12-13-21(24(14-19)39-2)27(38)32-28-33-35-36-34-28/h12-18H,3-11H2,1-2H3,(H,30,37)(H2,32,33,34,35,36,38). The largest absolute Gasteiger partial charge is 0.496 e. The number of ether oxygens (including phenoxy) is 1. The molecule has 0 saturated carbocycles. The second-order valence-corrected chi connectivity index (χ2v) is 10.3. The van der Waals surface area contributed by atoms with E-state index in [-0.39, 0.29) is 11.9 Å². The molecule has 0 spiro atoms. The summed E-state index contributed by atoms with van der Waals surface area (Å²) >= 11 is 1.49. The average Bonchev–Trinajstić information content (AvgIpc) is 3.66. The van der Waals surface area contributed by atoms with Crippen LogP contribution in [0.4, 0.5) is 11.6 Å². The van der Waals surface area contributed by atoms with Crippen LogP contribution in [0.2, 0.25) is 0 Å². The van der Waals surface area contributed by atoms with Crippen molar-refractivity contribution < 1.29 is 14.3 Å². The molecule has 0 bridgehead atoms. The van der Waals surface area contributed by atoms with Crippen molar-refractivity contribution in [3.05, 3.63) is 47.6 Å². The number of hydrogen-bond acceptors (Lipinski definition) is 9. The Balaban J connectivity index is 1.34. The van der Waals surface area contributed by atoms with Gasteiger partial charge in [-0.3, -0.25) is 19.9 Å². The third-order valence-corrected chi connectivity index (χ3v) is 7.30. The van der Waals surface area contributed by atoms with Gasteiger partial charge in [0.1, 0.15) is 5.75 Å². The first-order chi connectivity index (χ1) is 19.6. The number of benzene rings is 1. The van der Waals surface area contributed by atoms with Crippen LogP contribution in [0, 0.1) is 0 Å². The molecule has 3 aromatic heterocycles. The fraction of sp³-hybridized carbons (Fsp3) is 0.393. The maximum absolute atomic E-state index is 12.6. The van der Waals surface area contributed by atoms with Gasteiger partial charge in [0.2, 0.25) is 11.9 Å². The van der Waals surface area contributed by atoms with E-state index in [2.05, 4.69) is 43.2 Å². The van der Waals surface area contributed by atoms with Gasteiger partial charge in [-0.05, 0) is 35.0 Å². The van der Waals surface area contributed by atoms with Gasteiger partial charge in [-0.2, -0.15) is 0 Å². The molecule has 0 aliphatic heterocycles. The van der Waals surface area contributed by atoms with Gasteiger partial charge in [0.05, 0.1) is 47.0 Å². The molecule has 12 heteroatoms. The van der Waals surface area contributed by atoms with Crippen LogP contribution in [0.15, 0.2) is 42.0 Å². The van der Waals surface area contributed by atoms with Crippen LogP contribution in [0.3, 0.4) is 0 Å². The first-order valence-corrected chi connectivity index (χ1v) is 14.4. The molecular formula is C28H34N8O3S. The highest BCUT2D eigenvalue weighted by atomic mass is 32.1. The van der Waals surface area contributed by atoms with E-state index in [9.17, 15) is 9.59 Å². The molecule has 1 aromatic carbocycles. The van der Waals surface area contributed by atoms with Crippen LogP contribution in [-0.2, 0) is 4.79 Å². The van der Waals surface area contributed by atoms with E-state index in [0.717, 1.165) is 29.0 Å². The number of carbonyl (C=O) groups excluding carboxylic acids is 2. The highest BCUT2D eigenvalue weighted by molar-refractivity contribution is 7.14. The topological polar surface area (TPSA) is 148 Å². The van der Waals surface area contributed by atoms with E-state index in [1.54, 1.807) is 30.6 Å². The lowest BCUT2D eigenvalue weighted by Crippen LogP contribution is -2.14. The van der Waals surface area contributed by atoms with Crippen molar-refractivity contribution in [1.29, 1.82) is 0 Å². The summed E-state index contributed by atoms with van der Waals surface area (Å²) in [6.45, 7) is 2.23. The Hall–Kier alpha value is -4.19. The maximum Gasteiger partial charge on any atom is 0.261 e. The first kappa shape index (κ1) is 28.8. The van der Waals surface area contributed by atoms with Crippen LogP contribution in [0.1, 0.15) is 75.1 Å². The molecule has 3 N–H and O–H groups in total. The number of H-pyrrole nitrogens is 1. The second kappa shape index (κ2) is 14.8. The first-order valence-electron chi connectivity index (χ1n) is 13.5. The summed E-state index contributed by atoms with van der Waals surface area (Å²) in [5.41, 5.74) is 3.12. The van der Waals surface area contributed by atoms with Crippen LogP contribution in [0.5, 0.6) is 5.75 Å². The number of hydrogen-bond donors (Lipinski definition) is 3. The molecule has 0 aliphatic rings. The van der Waals surface area contributed by atoms with E-state index in [1.165, 1.54) is 57.0 Å². The number of nitrogens with zero attached hydrogens (tertiary/aromatic N) is 5. The molecule has 40 heavy (non-hydrogen) atoms. The van der Waals surface area contributed by atoms with Gasteiger partial charge < -0.3 is 10.1 Å². The predicted octanol–water partition coefficient (Wildman–Crippen LogP) is 6.12. The number of anilines is 2. The van der Waals surface area contributed by atoms with Crippen molar-refractivity contribution in [3.8, 4) is 27.6 Å². The average molecular weight is 563 g/mol. The van der Waals surface area contributed by atoms with Gasteiger partial charge in [0.25, 0.3) is 5.91 Å². The Labute approximate surface area is 237 Å². The minimum atomic E-state index is -0.419. The quantitative estimate of drug-likeness (QED) is 0.147. The van der Waals surface area contributed by atoms with E-state index >= 15 is 0 Å². The minimum Gasteiger partial charge on any atom is -0.496 e. The molecule has 4 rings (SSSR count). The highest BCUT2D eigenvalue weighted by Crippen LogP contribution is 2.31. The van der Waals surface area contributed by atoms with Crippen LogP contribution in [0.25, 0.3) is 21.8 Å². The number of thiophene rings is 1. The van der Waals surface area contributed by atoms with Crippen molar-refractivity contribution in [2.75, 3.05) is 17.7 Å². The number of nitrogens with one attached hydrogen (secondary N) is 3. The van der Waals surface area contributed by atoms with Crippen molar-refractivity contribution in [1.82, 2.24) is 30.6 Å². The van der Waals surface area contributed by atoms with Crippen molar-refractivity contribution in [2.45, 2.75) is 64.7 Å². The van der Waals surface area contributed by atoms with Gasteiger partial charge in [-0.1, -0.05) is 63.0 Å². The molecule has 0 radical (unpaired) electrons. The monoisotopic (exact) mass is 562 g/mol. The zero-order chi connectivity index (χ0) is 28.2. The summed E-state index contributed by atoms with van der Waals surface area (Å²) < 4.78 is 5.46. The third kappa shape index (κ3) is 8.15. The Morgan fingerprint density at radius 2 is 1.75 bits per heavy atom. The molecule has 0 fully saturated rings. The highest BCUT2D eigenvalue weighted by Gasteiger charge is 2.16. The Morgan fingerprint density at radius 3 is 2.50 bits per heavy atom. The van der Waals surface area contributed by atoms with Gasteiger partial charge >= 0.3 is 0 Å². The van der Waals surface area contributed by atoms with Gasteiger partial charge in [-0.15, -0.1) is 11.3 Å². The van der Waals surface area contributed by atoms with Crippen molar-refractivity contribution in [2.24, 2.45) is 0 Å². The summed E-state index contributed by atoms with van der Waals surface area (Å²) in [6, 6.07) is 7.06. The van der Waals surface area contributed by atoms with Crippen molar-refractivity contribution in [3.63, 3.8) is 0 Å². The molecule has 0 aliphatic carbocycles. The molecule has 210 valence electrons. The fourth-order valence-corrected chi connectivity index (χ4v) is 5.02. The van der Waals surface area contributed by atoms with Crippen LogP contribution < -0.4 is 15.4 Å². The lowest BCUT2D eigenvalue weighted by molar-refractivity contribution is -0.116. The fourth-order valence-electron chi connectivity index (χ4n) is 4.23. The molecule has 2 amide bonds. The summed E-state index contributed by atoms with van der Waals surface area (Å²) in [7, 11) is 1.49. The smallest absolute Gasteiger partial charge is 0.261 e. The molecule has 3 heterocycles. The number of rotatable bonds is 15. The van der Waals surface area contributed by atoms with E-state index in [4.69, 9.17) is 9.72 Å².